The monoisotopic (exact) mass is 207 g/mol. The fraction of sp³-hybridized carbons (Fsp3) is 0.333. The third kappa shape index (κ3) is 1.29. The maximum atomic E-state index is 5.44. The molecule has 3 rings (SSSR count). The van der Waals surface area contributed by atoms with Gasteiger partial charge in [0.25, 0.3) is 0 Å². The standard InChI is InChI=1S/C9H9N3OS/c10-8-3-6(12-13-8)9-11-7(4-14-9)5-1-2-5/h3-5H,1-2,10H2. The number of hydrogen-bond acceptors (Lipinski definition) is 5. The molecule has 4 nitrogen and oxygen atoms in total. The Hall–Kier alpha value is -1.36. The molecule has 0 atom stereocenters. The largest absolute Gasteiger partial charge is 0.368 e. The second-order valence-electron chi connectivity index (χ2n) is 3.47. The highest BCUT2D eigenvalue weighted by Gasteiger charge is 2.26. The molecule has 2 N–H and O–H groups in total. The molecular weight excluding hydrogens is 198 g/mol. The van der Waals surface area contributed by atoms with Gasteiger partial charge in [-0.15, -0.1) is 11.3 Å². The van der Waals surface area contributed by atoms with Gasteiger partial charge in [-0.3, -0.25) is 0 Å². The van der Waals surface area contributed by atoms with Crippen molar-refractivity contribution in [3.05, 3.63) is 17.1 Å². The van der Waals surface area contributed by atoms with E-state index < -0.39 is 0 Å². The van der Waals surface area contributed by atoms with Crippen LogP contribution in [0, 0.1) is 0 Å². The van der Waals surface area contributed by atoms with Crippen molar-refractivity contribution in [1.29, 1.82) is 0 Å². The molecule has 1 saturated carbocycles. The van der Waals surface area contributed by atoms with Crippen molar-refractivity contribution in [2.75, 3.05) is 5.73 Å². The molecule has 1 fully saturated rings. The fourth-order valence-electron chi connectivity index (χ4n) is 1.36. The van der Waals surface area contributed by atoms with Gasteiger partial charge in [0, 0.05) is 17.4 Å². The van der Waals surface area contributed by atoms with Crippen molar-refractivity contribution in [2.24, 2.45) is 0 Å². The maximum Gasteiger partial charge on any atom is 0.222 e. The zero-order valence-corrected chi connectivity index (χ0v) is 8.25. The second-order valence-corrected chi connectivity index (χ2v) is 4.32. The normalized spacial score (nSPS) is 16.0. The first-order chi connectivity index (χ1) is 6.83. The molecule has 1 aliphatic carbocycles. The summed E-state index contributed by atoms with van der Waals surface area (Å²) in [5.41, 5.74) is 7.36. The molecular formula is C9H9N3OS. The van der Waals surface area contributed by atoms with Crippen LogP contribution in [0.1, 0.15) is 24.5 Å². The first kappa shape index (κ1) is 7.99. The summed E-state index contributed by atoms with van der Waals surface area (Å²) < 4.78 is 4.80. The number of nitrogen functional groups attached to an aromatic ring is 1. The van der Waals surface area contributed by atoms with Gasteiger partial charge in [0.15, 0.2) is 0 Å². The Kier molecular flexibility index (Phi) is 1.61. The molecule has 5 heteroatoms. The molecule has 0 aliphatic heterocycles. The van der Waals surface area contributed by atoms with Gasteiger partial charge in [-0.2, -0.15) is 0 Å². The molecule has 14 heavy (non-hydrogen) atoms. The van der Waals surface area contributed by atoms with E-state index in [-0.39, 0.29) is 0 Å². The van der Waals surface area contributed by atoms with Crippen LogP contribution in [0.5, 0.6) is 0 Å². The molecule has 0 radical (unpaired) electrons. The van der Waals surface area contributed by atoms with Crippen LogP contribution in [0.25, 0.3) is 10.7 Å². The quantitative estimate of drug-likeness (QED) is 0.820. The molecule has 2 heterocycles. The molecule has 0 amide bonds. The van der Waals surface area contributed by atoms with Crippen LogP contribution in [0.15, 0.2) is 16.0 Å². The van der Waals surface area contributed by atoms with Crippen molar-refractivity contribution in [3.63, 3.8) is 0 Å². The lowest BCUT2D eigenvalue weighted by atomic mass is 10.3. The van der Waals surface area contributed by atoms with E-state index >= 15 is 0 Å². The van der Waals surface area contributed by atoms with Crippen LogP contribution < -0.4 is 5.73 Å². The van der Waals surface area contributed by atoms with E-state index in [9.17, 15) is 0 Å². The summed E-state index contributed by atoms with van der Waals surface area (Å²) in [6.07, 6.45) is 2.54. The van der Waals surface area contributed by atoms with E-state index in [0.717, 1.165) is 10.7 Å². The topological polar surface area (TPSA) is 64.9 Å². The van der Waals surface area contributed by atoms with Crippen LogP contribution in [0.4, 0.5) is 5.88 Å². The van der Waals surface area contributed by atoms with E-state index in [1.54, 1.807) is 17.4 Å². The molecule has 2 aromatic rings. The highest BCUT2D eigenvalue weighted by molar-refractivity contribution is 7.13. The van der Waals surface area contributed by atoms with Gasteiger partial charge in [-0.05, 0) is 12.8 Å². The van der Waals surface area contributed by atoms with Crippen molar-refractivity contribution in [2.45, 2.75) is 18.8 Å². The lowest BCUT2D eigenvalue weighted by Gasteiger charge is -1.86. The van der Waals surface area contributed by atoms with E-state index in [1.165, 1.54) is 18.5 Å². The minimum Gasteiger partial charge on any atom is -0.368 e. The Bertz CT molecular complexity index is 458. The average molecular weight is 207 g/mol. The smallest absolute Gasteiger partial charge is 0.222 e. The van der Waals surface area contributed by atoms with Crippen LogP contribution in [-0.4, -0.2) is 10.1 Å². The zero-order chi connectivity index (χ0) is 9.54. The van der Waals surface area contributed by atoms with E-state index in [1.807, 2.05) is 0 Å². The number of thiazole rings is 1. The number of anilines is 1. The lowest BCUT2D eigenvalue weighted by molar-refractivity contribution is 0.439. The first-order valence-electron chi connectivity index (χ1n) is 4.51. The molecule has 0 bridgehead atoms. The third-order valence-corrected chi connectivity index (χ3v) is 3.15. The van der Waals surface area contributed by atoms with Crippen LogP contribution in [-0.2, 0) is 0 Å². The van der Waals surface area contributed by atoms with Gasteiger partial charge < -0.3 is 10.3 Å². The number of hydrogen-bond donors (Lipinski definition) is 1. The maximum absolute atomic E-state index is 5.44. The Balaban J connectivity index is 1.95. The minimum absolute atomic E-state index is 0.336. The van der Waals surface area contributed by atoms with Crippen LogP contribution in [0.2, 0.25) is 0 Å². The first-order valence-corrected chi connectivity index (χ1v) is 5.39. The summed E-state index contributed by atoms with van der Waals surface area (Å²) in [6.45, 7) is 0. The Morgan fingerprint density at radius 3 is 3.00 bits per heavy atom. The van der Waals surface area contributed by atoms with Gasteiger partial charge in [0.1, 0.15) is 10.7 Å². The number of nitrogens with zero attached hydrogens (tertiary/aromatic N) is 2. The van der Waals surface area contributed by atoms with Crippen molar-refractivity contribution in [3.8, 4) is 10.7 Å². The summed E-state index contributed by atoms with van der Waals surface area (Å²) in [6, 6.07) is 1.70. The average Bonchev–Trinajstić information content (AvgIpc) is 2.76. The number of rotatable bonds is 2. The fourth-order valence-corrected chi connectivity index (χ4v) is 2.21. The van der Waals surface area contributed by atoms with Crippen LogP contribution in [0.3, 0.4) is 0 Å². The van der Waals surface area contributed by atoms with Crippen LogP contribution >= 0.6 is 11.3 Å². The summed E-state index contributed by atoms with van der Waals surface area (Å²) in [4.78, 5) is 4.50. The van der Waals surface area contributed by atoms with E-state index in [2.05, 4.69) is 15.5 Å². The molecule has 0 aromatic carbocycles. The Morgan fingerprint density at radius 1 is 1.50 bits per heavy atom. The number of aromatic nitrogens is 2. The summed E-state index contributed by atoms with van der Waals surface area (Å²) in [5, 5.41) is 6.82. The van der Waals surface area contributed by atoms with Crippen molar-refractivity contribution in [1.82, 2.24) is 10.1 Å². The van der Waals surface area contributed by atoms with Gasteiger partial charge in [-0.25, -0.2) is 4.98 Å². The Labute approximate surface area is 84.7 Å². The summed E-state index contributed by atoms with van der Waals surface area (Å²) in [5.74, 6) is 1.02. The van der Waals surface area contributed by atoms with Crippen molar-refractivity contribution < 1.29 is 4.52 Å². The SMILES string of the molecule is Nc1cc(-c2nc(C3CC3)cs2)no1. The van der Waals surface area contributed by atoms with Gasteiger partial charge in [0.2, 0.25) is 5.88 Å². The molecule has 1 aliphatic rings. The Morgan fingerprint density at radius 2 is 2.36 bits per heavy atom. The predicted molar refractivity (Wildman–Crippen MR) is 54.0 cm³/mol. The van der Waals surface area contributed by atoms with Gasteiger partial charge >= 0.3 is 0 Å². The second kappa shape index (κ2) is 2.81. The highest BCUT2D eigenvalue weighted by Crippen LogP contribution is 2.41. The van der Waals surface area contributed by atoms with E-state index in [0.29, 0.717) is 11.8 Å². The van der Waals surface area contributed by atoms with Crippen molar-refractivity contribution >= 4 is 17.2 Å². The lowest BCUT2D eigenvalue weighted by Crippen LogP contribution is -1.80. The molecule has 2 aromatic heterocycles. The molecule has 0 unspecified atom stereocenters. The molecule has 72 valence electrons. The van der Waals surface area contributed by atoms with E-state index in [4.69, 9.17) is 10.3 Å². The minimum atomic E-state index is 0.336. The predicted octanol–water partition coefficient (Wildman–Crippen LogP) is 2.26. The number of nitrogens with two attached hydrogens (primary N) is 1. The van der Waals surface area contributed by atoms with Gasteiger partial charge in [0.05, 0.1) is 5.69 Å². The zero-order valence-electron chi connectivity index (χ0n) is 7.43. The molecule has 0 saturated heterocycles. The third-order valence-electron chi connectivity index (χ3n) is 2.27. The summed E-state index contributed by atoms with van der Waals surface area (Å²) >= 11 is 1.60. The van der Waals surface area contributed by atoms with Gasteiger partial charge in [-0.1, -0.05) is 5.16 Å². The summed E-state index contributed by atoms with van der Waals surface area (Å²) in [7, 11) is 0. The highest BCUT2D eigenvalue weighted by atomic mass is 32.1. The molecule has 0 spiro atoms.